The second-order valence-electron chi connectivity index (χ2n) is 11.0. The van der Waals surface area contributed by atoms with Crippen LogP contribution in [-0.4, -0.2) is 55.2 Å². The fraction of sp³-hybridized carbons (Fsp3) is 0.303. The number of esters is 2. The molecule has 0 spiro atoms. The molecule has 2 aliphatic heterocycles. The van der Waals surface area contributed by atoms with Crippen LogP contribution in [0.25, 0.3) is 22.3 Å². The topological polar surface area (TPSA) is 155 Å². The summed E-state index contributed by atoms with van der Waals surface area (Å²) in [6, 6.07) is 18.3. The quantitative estimate of drug-likeness (QED) is 0.145. The number of carbonyl (C=O) groups excluding carboxylic acids is 2. The Morgan fingerprint density at radius 1 is 1.11 bits per heavy atom. The van der Waals surface area contributed by atoms with Crippen molar-refractivity contribution in [1.29, 1.82) is 0 Å². The van der Waals surface area contributed by atoms with E-state index in [-0.39, 0.29) is 47.7 Å². The van der Waals surface area contributed by atoms with Crippen LogP contribution in [0, 0.1) is 0 Å². The molecule has 2 aliphatic rings. The van der Waals surface area contributed by atoms with Crippen molar-refractivity contribution in [3.63, 3.8) is 0 Å². The van der Waals surface area contributed by atoms with Gasteiger partial charge < -0.3 is 18.8 Å². The van der Waals surface area contributed by atoms with Gasteiger partial charge in [0.15, 0.2) is 0 Å². The van der Waals surface area contributed by atoms with E-state index in [1.54, 1.807) is 41.8 Å². The summed E-state index contributed by atoms with van der Waals surface area (Å²) < 4.78 is 45.2. The average molecular weight is 645 g/mol. The van der Waals surface area contributed by atoms with Crippen LogP contribution in [0.2, 0.25) is 0 Å². The molecule has 4 aromatic rings. The Balaban J connectivity index is 1.33. The molecule has 2 aromatic heterocycles. The Kier molecular flexibility index (Phi) is 8.11. The zero-order valence-electron chi connectivity index (χ0n) is 25.5. The first-order valence-corrected chi connectivity index (χ1v) is 16.4. The molecule has 0 fully saturated rings. The van der Waals surface area contributed by atoms with Gasteiger partial charge in [0.05, 0.1) is 41.9 Å². The lowest BCUT2D eigenvalue weighted by atomic mass is 9.85. The van der Waals surface area contributed by atoms with Gasteiger partial charge in [0.25, 0.3) is 5.56 Å². The molecule has 0 unspecified atom stereocenters. The maximum atomic E-state index is 13.8. The standard InChI is InChI=1S/C33H32N4O8S/c1-4-33(45-29(38)17-34-28(36-46(41,42)5-2)14-20-10-12-23(43-3)13-11-20)25-16-27-30-22(15-21-8-6-7-9-26(21)35-30)18-37(27)31(39)24(25)19-44-32(33)40/h6-13,15-16H,4-5,14,17-19H2,1-3H3,(H,34,36)/t33-/m0/s1. The number of pyridine rings is 2. The number of aliphatic imine (C=N–C) groups is 1. The van der Waals surface area contributed by atoms with E-state index in [1.807, 2.05) is 30.3 Å². The Bertz CT molecular complexity index is 2070. The normalized spacial score (nSPS) is 17.1. The molecular formula is C33H32N4O8S. The number of amidine groups is 1. The molecule has 0 bridgehead atoms. The Labute approximate surface area is 265 Å². The number of aromatic nitrogens is 2. The second-order valence-corrected chi connectivity index (χ2v) is 13.0. The van der Waals surface area contributed by atoms with E-state index in [0.717, 1.165) is 22.0 Å². The van der Waals surface area contributed by atoms with Gasteiger partial charge in [-0.05, 0) is 49.2 Å². The molecule has 1 N–H and O–H groups in total. The first kappa shape index (κ1) is 31.0. The number of nitrogens with one attached hydrogen (secondary N) is 1. The maximum absolute atomic E-state index is 13.8. The predicted octanol–water partition coefficient (Wildman–Crippen LogP) is 3.22. The first-order valence-electron chi connectivity index (χ1n) is 14.8. The van der Waals surface area contributed by atoms with Crippen molar-refractivity contribution < 1.29 is 32.2 Å². The van der Waals surface area contributed by atoms with Gasteiger partial charge in [-0.3, -0.25) is 14.5 Å². The molecule has 238 valence electrons. The number of cyclic esters (lactones) is 1. The number of fused-ring (bicyclic) bond motifs is 5. The lowest BCUT2D eigenvalue weighted by Crippen LogP contribution is -2.48. The highest BCUT2D eigenvalue weighted by Crippen LogP contribution is 2.41. The van der Waals surface area contributed by atoms with Gasteiger partial charge in [-0.1, -0.05) is 37.3 Å². The number of hydrogen-bond donors (Lipinski definition) is 1. The number of rotatable bonds is 9. The highest BCUT2D eigenvalue weighted by Gasteiger charge is 2.50. The third kappa shape index (κ3) is 5.62. The van der Waals surface area contributed by atoms with E-state index in [2.05, 4.69) is 9.71 Å². The van der Waals surface area contributed by atoms with Crippen molar-refractivity contribution >= 4 is 38.7 Å². The van der Waals surface area contributed by atoms with Crippen molar-refractivity contribution in [2.45, 2.75) is 45.4 Å². The SMILES string of the molecule is CC[C@@]1(OC(=O)CN=C(Cc2ccc(OC)cc2)NS(=O)(=O)CC)C(=O)OCc2c1cc1n(c2=O)Cc2cc3ccccc3nc2-1. The Morgan fingerprint density at radius 3 is 2.59 bits per heavy atom. The zero-order chi connectivity index (χ0) is 32.6. The molecule has 4 heterocycles. The van der Waals surface area contributed by atoms with Crippen LogP contribution >= 0.6 is 0 Å². The van der Waals surface area contributed by atoms with Crippen molar-refractivity contribution in [2.24, 2.45) is 4.99 Å². The highest BCUT2D eigenvalue weighted by molar-refractivity contribution is 7.90. The number of para-hydroxylation sites is 1. The average Bonchev–Trinajstić information content (AvgIpc) is 3.42. The van der Waals surface area contributed by atoms with Crippen LogP contribution < -0.4 is 15.0 Å². The van der Waals surface area contributed by atoms with Crippen molar-refractivity contribution in [3.05, 3.63) is 93.3 Å². The van der Waals surface area contributed by atoms with Crippen molar-refractivity contribution in [2.75, 3.05) is 19.4 Å². The fourth-order valence-electron chi connectivity index (χ4n) is 5.78. The number of hydrogen-bond acceptors (Lipinski definition) is 10. The van der Waals surface area contributed by atoms with Gasteiger partial charge in [0.2, 0.25) is 15.6 Å². The summed E-state index contributed by atoms with van der Waals surface area (Å²) in [5.41, 5.74) is 1.66. The fourth-order valence-corrected chi connectivity index (χ4v) is 6.42. The molecule has 0 amide bonds. The monoisotopic (exact) mass is 644 g/mol. The van der Waals surface area contributed by atoms with Crippen LogP contribution in [0.15, 0.2) is 70.5 Å². The molecule has 1 atom stereocenters. The summed E-state index contributed by atoms with van der Waals surface area (Å²) in [5, 5.41) is 0.940. The van der Waals surface area contributed by atoms with Crippen LogP contribution in [0.1, 0.15) is 42.5 Å². The molecule has 0 saturated carbocycles. The van der Waals surface area contributed by atoms with Crippen molar-refractivity contribution in [1.82, 2.24) is 14.3 Å². The molecular weight excluding hydrogens is 612 g/mol. The van der Waals surface area contributed by atoms with E-state index < -0.39 is 34.1 Å². The summed E-state index contributed by atoms with van der Waals surface area (Å²) in [5.74, 6) is -1.26. The number of benzene rings is 2. The molecule has 13 heteroatoms. The third-order valence-electron chi connectivity index (χ3n) is 8.26. The van der Waals surface area contributed by atoms with Crippen LogP contribution in [-0.2, 0) is 54.3 Å². The summed E-state index contributed by atoms with van der Waals surface area (Å²) in [4.78, 5) is 49.5. The first-order chi connectivity index (χ1) is 22.1. The molecule has 46 heavy (non-hydrogen) atoms. The number of sulfonamides is 1. The van der Waals surface area contributed by atoms with Crippen LogP contribution in [0.5, 0.6) is 5.75 Å². The zero-order valence-corrected chi connectivity index (χ0v) is 26.3. The highest BCUT2D eigenvalue weighted by atomic mass is 32.2. The minimum atomic E-state index is -3.72. The molecule has 0 radical (unpaired) electrons. The van der Waals surface area contributed by atoms with E-state index in [1.165, 1.54) is 14.0 Å². The predicted molar refractivity (Wildman–Crippen MR) is 170 cm³/mol. The van der Waals surface area contributed by atoms with Crippen LogP contribution in [0.4, 0.5) is 0 Å². The third-order valence-corrected chi connectivity index (χ3v) is 9.56. The second kappa shape index (κ2) is 12.0. The minimum Gasteiger partial charge on any atom is -0.497 e. The minimum absolute atomic E-state index is 0.0175. The molecule has 6 rings (SSSR count). The Morgan fingerprint density at radius 2 is 1.87 bits per heavy atom. The largest absolute Gasteiger partial charge is 0.497 e. The summed E-state index contributed by atoms with van der Waals surface area (Å²) in [6.45, 7) is 2.58. The summed E-state index contributed by atoms with van der Waals surface area (Å²) in [7, 11) is -2.18. The number of methoxy groups -OCH3 is 1. The van der Waals surface area contributed by atoms with Gasteiger partial charge in [-0.15, -0.1) is 0 Å². The Hall–Kier alpha value is -5.04. The van der Waals surface area contributed by atoms with Gasteiger partial charge in [-0.25, -0.2) is 23.0 Å². The lowest BCUT2D eigenvalue weighted by Gasteiger charge is -2.35. The number of ether oxygens (including phenoxy) is 3. The van der Waals surface area contributed by atoms with E-state index in [4.69, 9.17) is 19.2 Å². The molecule has 12 nitrogen and oxygen atoms in total. The van der Waals surface area contributed by atoms with E-state index in [0.29, 0.717) is 23.7 Å². The molecule has 0 aliphatic carbocycles. The van der Waals surface area contributed by atoms with E-state index >= 15 is 0 Å². The van der Waals surface area contributed by atoms with Gasteiger partial charge in [0, 0.05) is 22.9 Å². The number of carbonyl (C=O) groups is 2. The smallest absolute Gasteiger partial charge is 0.355 e. The summed E-state index contributed by atoms with van der Waals surface area (Å²) in [6.07, 6.45) is 0.0562. The van der Waals surface area contributed by atoms with E-state index in [9.17, 15) is 22.8 Å². The van der Waals surface area contributed by atoms with Gasteiger partial charge >= 0.3 is 11.9 Å². The maximum Gasteiger partial charge on any atom is 0.355 e. The van der Waals surface area contributed by atoms with Crippen molar-refractivity contribution in [3.8, 4) is 17.1 Å². The lowest BCUT2D eigenvalue weighted by molar-refractivity contribution is -0.188. The molecule has 2 aromatic carbocycles. The van der Waals surface area contributed by atoms with Crippen LogP contribution in [0.3, 0.4) is 0 Å². The summed E-state index contributed by atoms with van der Waals surface area (Å²) >= 11 is 0. The van der Waals surface area contributed by atoms with Gasteiger partial charge in [-0.2, -0.15) is 0 Å². The van der Waals surface area contributed by atoms with Gasteiger partial charge in [0.1, 0.15) is 24.7 Å². The number of nitrogens with zero attached hydrogens (tertiary/aromatic N) is 3. The molecule has 0 saturated heterocycles.